The summed E-state index contributed by atoms with van der Waals surface area (Å²) in [6, 6.07) is 8.74. The van der Waals surface area contributed by atoms with Crippen molar-refractivity contribution in [2.75, 3.05) is 17.3 Å². The maximum atomic E-state index is 14.7. The largest absolute Gasteiger partial charge is 0.365 e. The number of fused-ring (bicyclic) bond motifs is 1. The van der Waals surface area contributed by atoms with Crippen LogP contribution in [-0.2, 0) is 0 Å². The van der Waals surface area contributed by atoms with Crippen LogP contribution in [0, 0.1) is 5.82 Å². The highest BCUT2D eigenvalue weighted by atomic mass is 19.1. The van der Waals surface area contributed by atoms with Gasteiger partial charge in [0.2, 0.25) is 0 Å². The van der Waals surface area contributed by atoms with Crippen LogP contribution in [0.2, 0.25) is 0 Å². The number of aromatic nitrogens is 2. The van der Waals surface area contributed by atoms with Crippen molar-refractivity contribution >= 4 is 34.1 Å². The van der Waals surface area contributed by atoms with Crippen molar-refractivity contribution in [2.45, 2.75) is 37.8 Å². The molecule has 0 spiro atoms. The molecule has 1 aromatic carbocycles. The van der Waals surface area contributed by atoms with Gasteiger partial charge >= 0.3 is 0 Å². The molecule has 0 radical (unpaired) electrons. The fourth-order valence-corrected chi connectivity index (χ4v) is 4.01. The summed E-state index contributed by atoms with van der Waals surface area (Å²) in [6.45, 7) is 0. The minimum absolute atomic E-state index is 0.0241. The lowest BCUT2D eigenvalue weighted by atomic mass is 9.91. The number of carbonyl (C=O) groups is 1. The summed E-state index contributed by atoms with van der Waals surface area (Å²) in [7, 11) is 1.78. The second kappa shape index (κ2) is 7.71. The molecule has 4 rings (SSSR count). The van der Waals surface area contributed by atoms with E-state index in [-0.39, 0.29) is 23.5 Å². The molecule has 0 aliphatic heterocycles. The van der Waals surface area contributed by atoms with Crippen molar-refractivity contribution in [1.29, 1.82) is 0 Å². The van der Waals surface area contributed by atoms with Gasteiger partial charge in [0.1, 0.15) is 5.82 Å². The second-order valence-corrected chi connectivity index (χ2v) is 7.53. The molecule has 1 amide bonds. The Balaban J connectivity index is 1.76. The Bertz CT molecular complexity index is 1050. The van der Waals surface area contributed by atoms with Gasteiger partial charge in [-0.3, -0.25) is 4.79 Å². The molecular weight excluding hydrogens is 371 g/mol. The molecule has 2 heterocycles. The van der Waals surface area contributed by atoms with Crippen molar-refractivity contribution in [3.63, 3.8) is 0 Å². The summed E-state index contributed by atoms with van der Waals surface area (Å²) in [5, 5.41) is 4.11. The third kappa shape index (κ3) is 3.63. The number of nitrogens with one attached hydrogen (secondary N) is 2. The molecule has 0 saturated heterocycles. The fraction of sp³-hybridized carbons (Fsp3) is 0.333. The molecule has 8 heteroatoms. The fourth-order valence-electron chi connectivity index (χ4n) is 4.01. The van der Waals surface area contributed by atoms with Gasteiger partial charge < -0.3 is 26.7 Å². The monoisotopic (exact) mass is 396 g/mol. The number of nitrogens with zero attached hydrogens (tertiary/aromatic N) is 2. The van der Waals surface area contributed by atoms with Gasteiger partial charge in [0.05, 0.1) is 11.3 Å². The lowest BCUT2D eigenvalue weighted by Gasteiger charge is -2.30. The molecule has 6 N–H and O–H groups in total. The maximum absolute atomic E-state index is 14.7. The summed E-state index contributed by atoms with van der Waals surface area (Å²) in [5.74, 6) is -0.978. The van der Waals surface area contributed by atoms with Crippen LogP contribution in [0.15, 0.2) is 36.5 Å². The molecule has 29 heavy (non-hydrogen) atoms. The lowest BCUT2D eigenvalue weighted by Crippen LogP contribution is -2.43. The summed E-state index contributed by atoms with van der Waals surface area (Å²) in [6.07, 6.45) is 5.69. The molecule has 2 aromatic heterocycles. The number of H-pyrrole nitrogens is 1. The number of carbonyl (C=O) groups excluding carboxylic acids is 1. The van der Waals surface area contributed by atoms with Gasteiger partial charge in [-0.15, -0.1) is 0 Å². The van der Waals surface area contributed by atoms with Gasteiger partial charge in [0, 0.05) is 36.2 Å². The van der Waals surface area contributed by atoms with Gasteiger partial charge in [0.25, 0.3) is 5.91 Å². The van der Waals surface area contributed by atoms with Crippen molar-refractivity contribution in [2.24, 2.45) is 11.5 Å². The Morgan fingerprint density at radius 2 is 2.10 bits per heavy atom. The number of halogens is 1. The first kappa shape index (κ1) is 19.2. The Kier molecular flexibility index (Phi) is 5.10. The number of rotatable bonds is 5. The molecule has 152 valence electrons. The number of hydrogen-bond donors (Lipinski definition) is 4. The number of pyridine rings is 1. The number of benzene rings is 1. The van der Waals surface area contributed by atoms with Gasteiger partial charge in [-0.2, -0.15) is 0 Å². The van der Waals surface area contributed by atoms with Crippen molar-refractivity contribution < 1.29 is 9.18 Å². The van der Waals surface area contributed by atoms with Crippen LogP contribution in [0.4, 0.5) is 21.7 Å². The molecule has 2 atom stereocenters. The Morgan fingerprint density at radius 1 is 1.31 bits per heavy atom. The summed E-state index contributed by atoms with van der Waals surface area (Å²) < 4.78 is 14.7. The lowest BCUT2D eigenvalue weighted by molar-refractivity contribution is 0.1000. The predicted octanol–water partition coefficient (Wildman–Crippen LogP) is 3.25. The zero-order valence-electron chi connectivity index (χ0n) is 16.3. The molecule has 1 aliphatic rings. The van der Waals surface area contributed by atoms with Crippen molar-refractivity contribution in [3.05, 3.63) is 47.9 Å². The maximum Gasteiger partial charge on any atom is 0.252 e. The van der Waals surface area contributed by atoms with Crippen LogP contribution < -0.4 is 21.7 Å². The van der Waals surface area contributed by atoms with Crippen molar-refractivity contribution in [1.82, 2.24) is 9.97 Å². The third-order valence-corrected chi connectivity index (χ3v) is 5.61. The van der Waals surface area contributed by atoms with E-state index in [4.69, 9.17) is 11.5 Å². The van der Waals surface area contributed by atoms with Crippen LogP contribution >= 0.6 is 0 Å². The third-order valence-electron chi connectivity index (χ3n) is 5.61. The number of anilines is 3. The highest BCUT2D eigenvalue weighted by Gasteiger charge is 2.25. The van der Waals surface area contributed by atoms with E-state index in [1.165, 1.54) is 0 Å². The standard InChI is InChI=1S/C21H25FN6O/c1-28(18-8-4-7-16-12(18)9-10-25-16)21-13(19(24)29)11-14(22)20(27-21)26-17-6-3-2-5-15(17)23/h4,7-11,15,17,25H,2-3,5-6,23H2,1H3,(H2,24,29)(H,26,27)/t15-,17+/m0/s1. The van der Waals surface area contributed by atoms with E-state index in [2.05, 4.69) is 15.3 Å². The molecule has 0 unspecified atom stereocenters. The van der Waals surface area contributed by atoms with Gasteiger partial charge in [-0.1, -0.05) is 18.9 Å². The van der Waals surface area contributed by atoms with Gasteiger partial charge in [-0.25, -0.2) is 9.37 Å². The summed E-state index contributed by atoms with van der Waals surface area (Å²) >= 11 is 0. The van der Waals surface area contributed by atoms with Crippen LogP contribution in [-0.4, -0.2) is 35.0 Å². The van der Waals surface area contributed by atoms with Crippen LogP contribution in [0.1, 0.15) is 36.0 Å². The summed E-state index contributed by atoms with van der Waals surface area (Å²) in [5.41, 5.74) is 13.5. The smallest absolute Gasteiger partial charge is 0.252 e. The molecule has 3 aromatic rings. The quantitative estimate of drug-likeness (QED) is 0.529. The Hall–Kier alpha value is -3.13. The van der Waals surface area contributed by atoms with E-state index in [0.717, 1.165) is 48.3 Å². The molecule has 1 aliphatic carbocycles. The Morgan fingerprint density at radius 3 is 2.86 bits per heavy atom. The van der Waals surface area contributed by atoms with Gasteiger partial charge in [0.15, 0.2) is 11.6 Å². The first-order valence-electron chi connectivity index (χ1n) is 9.78. The average Bonchev–Trinajstić information content (AvgIpc) is 3.19. The van der Waals surface area contributed by atoms with E-state index in [0.29, 0.717) is 5.82 Å². The summed E-state index contributed by atoms with van der Waals surface area (Å²) in [4.78, 5) is 21.4. The highest BCUT2D eigenvalue weighted by Crippen LogP contribution is 2.33. The first-order chi connectivity index (χ1) is 14.0. The van der Waals surface area contributed by atoms with E-state index < -0.39 is 11.7 Å². The van der Waals surface area contributed by atoms with Crippen LogP contribution in [0.5, 0.6) is 0 Å². The molecule has 1 saturated carbocycles. The minimum atomic E-state index is -0.736. The highest BCUT2D eigenvalue weighted by molar-refractivity contribution is 6.01. The number of primary amides is 1. The number of nitrogens with two attached hydrogens (primary N) is 2. The minimum Gasteiger partial charge on any atom is -0.365 e. The number of amides is 1. The van der Waals surface area contributed by atoms with Crippen molar-refractivity contribution in [3.8, 4) is 0 Å². The molecule has 1 fully saturated rings. The van der Waals surface area contributed by atoms with E-state index >= 15 is 0 Å². The zero-order valence-corrected chi connectivity index (χ0v) is 16.3. The van der Waals surface area contributed by atoms with E-state index in [1.807, 2.05) is 30.5 Å². The molecule has 7 nitrogen and oxygen atoms in total. The van der Waals surface area contributed by atoms with Gasteiger partial charge in [-0.05, 0) is 37.1 Å². The topological polar surface area (TPSA) is 113 Å². The zero-order chi connectivity index (χ0) is 20.5. The normalized spacial score (nSPS) is 19.3. The second-order valence-electron chi connectivity index (χ2n) is 7.53. The predicted molar refractivity (Wildman–Crippen MR) is 113 cm³/mol. The first-order valence-corrected chi connectivity index (χ1v) is 9.78. The van der Waals surface area contributed by atoms with Crippen LogP contribution in [0.25, 0.3) is 10.9 Å². The SMILES string of the molecule is CN(c1nc(N[C@@H]2CCCC[C@@H]2N)c(F)cc1C(N)=O)c1cccc2[nH]ccc12. The molecule has 0 bridgehead atoms. The molecular formula is C21H25FN6O. The Labute approximate surface area is 168 Å². The average molecular weight is 396 g/mol. The van der Waals surface area contributed by atoms with Crippen LogP contribution in [0.3, 0.4) is 0 Å². The van der Waals surface area contributed by atoms with E-state index in [9.17, 15) is 9.18 Å². The number of hydrogen-bond acceptors (Lipinski definition) is 5. The van der Waals surface area contributed by atoms with E-state index in [1.54, 1.807) is 11.9 Å². The number of aromatic amines is 1.